The molecule has 0 unspecified atom stereocenters. The van der Waals surface area contributed by atoms with E-state index in [1.165, 1.54) is 6.33 Å². The van der Waals surface area contributed by atoms with Crippen LogP contribution >= 0.6 is 0 Å². The van der Waals surface area contributed by atoms with Crippen LogP contribution in [0.25, 0.3) is 10.9 Å². The van der Waals surface area contributed by atoms with Gasteiger partial charge in [-0.2, -0.15) is 0 Å². The summed E-state index contributed by atoms with van der Waals surface area (Å²) in [5.41, 5.74) is 2.34. The minimum atomic E-state index is -0.833. The Morgan fingerprint density at radius 3 is 2.27 bits per heavy atom. The zero-order valence-electron chi connectivity index (χ0n) is 18.8. The summed E-state index contributed by atoms with van der Waals surface area (Å²) in [6, 6.07) is 11.3. The number of ether oxygens (including phenoxy) is 4. The standard InChI is InChI=1S/C22H23N3O4.C2H4O2/c1-4-16-6-5-7-17(12-16)25-22-18-13-20(28-10-8-26-2)21(29-11-9-27-3)14-19(18)23-15-24-22;1-2(3)4/h1,5-7,12-15H,8-11H2,2-3H3,(H,23,24,25);1H3,(H,3,4). The van der Waals surface area contributed by atoms with Crippen LogP contribution in [0.1, 0.15) is 12.5 Å². The number of rotatable bonds is 10. The number of benzene rings is 2. The van der Waals surface area contributed by atoms with Crippen molar-refractivity contribution < 1.29 is 28.8 Å². The van der Waals surface area contributed by atoms with Crippen molar-refractivity contribution in [1.82, 2.24) is 9.97 Å². The third-order valence-corrected chi connectivity index (χ3v) is 4.08. The summed E-state index contributed by atoms with van der Waals surface area (Å²) in [4.78, 5) is 17.8. The molecule has 0 fully saturated rings. The molecular weight excluding hydrogens is 426 g/mol. The molecular formula is C24H27N3O6. The first kappa shape index (κ1) is 25.4. The molecule has 0 aliphatic rings. The third-order valence-electron chi connectivity index (χ3n) is 4.08. The largest absolute Gasteiger partial charge is 0.487 e. The van der Waals surface area contributed by atoms with Gasteiger partial charge in [0.2, 0.25) is 0 Å². The second-order valence-corrected chi connectivity index (χ2v) is 6.59. The maximum atomic E-state index is 9.00. The van der Waals surface area contributed by atoms with E-state index in [9.17, 15) is 0 Å². The molecule has 0 saturated carbocycles. The summed E-state index contributed by atoms with van der Waals surface area (Å²) in [5, 5.41) is 11.5. The van der Waals surface area contributed by atoms with E-state index in [2.05, 4.69) is 21.2 Å². The number of hydrogen-bond acceptors (Lipinski definition) is 8. The highest BCUT2D eigenvalue weighted by molar-refractivity contribution is 5.93. The van der Waals surface area contributed by atoms with Crippen LogP contribution in [0.3, 0.4) is 0 Å². The van der Waals surface area contributed by atoms with Gasteiger partial charge in [-0.1, -0.05) is 12.0 Å². The molecule has 0 bridgehead atoms. The van der Waals surface area contributed by atoms with E-state index in [1.807, 2.05) is 36.4 Å². The van der Waals surface area contributed by atoms with Crippen molar-refractivity contribution in [3.05, 3.63) is 48.3 Å². The topological polar surface area (TPSA) is 112 Å². The minimum Gasteiger partial charge on any atom is -0.487 e. The van der Waals surface area contributed by atoms with Crippen molar-refractivity contribution in [2.24, 2.45) is 0 Å². The number of anilines is 2. The molecule has 0 aliphatic heterocycles. The fourth-order valence-electron chi connectivity index (χ4n) is 2.68. The Morgan fingerprint density at radius 1 is 1.03 bits per heavy atom. The second-order valence-electron chi connectivity index (χ2n) is 6.59. The number of methoxy groups -OCH3 is 2. The molecule has 0 spiro atoms. The first-order valence-electron chi connectivity index (χ1n) is 10.0. The fourth-order valence-corrected chi connectivity index (χ4v) is 2.68. The lowest BCUT2D eigenvalue weighted by Crippen LogP contribution is -2.09. The summed E-state index contributed by atoms with van der Waals surface area (Å²) < 4.78 is 21.8. The number of nitrogens with zero attached hydrogens (tertiary/aromatic N) is 2. The van der Waals surface area contributed by atoms with Crippen LogP contribution in [0.15, 0.2) is 42.7 Å². The number of hydrogen-bond donors (Lipinski definition) is 2. The Morgan fingerprint density at radius 2 is 1.67 bits per heavy atom. The molecule has 0 amide bonds. The summed E-state index contributed by atoms with van der Waals surface area (Å²) in [6.45, 7) is 2.81. The maximum absolute atomic E-state index is 9.00. The number of aliphatic carboxylic acids is 1. The highest BCUT2D eigenvalue weighted by Gasteiger charge is 2.13. The average Bonchev–Trinajstić information content (AvgIpc) is 2.79. The van der Waals surface area contributed by atoms with Gasteiger partial charge < -0.3 is 29.4 Å². The van der Waals surface area contributed by atoms with Gasteiger partial charge in [0.25, 0.3) is 5.97 Å². The molecule has 174 valence electrons. The van der Waals surface area contributed by atoms with E-state index in [1.54, 1.807) is 14.2 Å². The van der Waals surface area contributed by atoms with Gasteiger partial charge in [0.15, 0.2) is 11.5 Å². The number of nitrogens with one attached hydrogen (secondary N) is 1. The van der Waals surface area contributed by atoms with Gasteiger partial charge in [0, 0.05) is 43.8 Å². The van der Waals surface area contributed by atoms with Crippen molar-refractivity contribution >= 4 is 28.4 Å². The van der Waals surface area contributed by atoms with E-state index in [4.69, 9.17) is 35.3 Å². The summed E-state index contributed by atoms with van der Waals surface area (Å²) >= 11 is 0. The summed E-state index contributed by atoms with van der Waals surface area (Å²) in [6.07, 6.45) is 6.99. The molecule has 3 rings (SSSR count). The molecule has 1 aromatic heterocycles. The average molecular weight is 453 g/mol. The number of fused-ring (bicyclic) bond motifs is 1. The molecule has 2 aromatic carbocycles. The van der Waals surface area contributed by atoms with Crippen LogP contribution in [0.5, 0.6) is 11.5 Å². The Bertz CT molecular complexity index is 1090. The quantitative estimate of drug-likeness (QED) is 0.352. The van der Waals surface area contributed by atoms with Gasteiger partial charge in [-0.15, -0.1) is 6.42 Å². The van der Waals surface area contributed by atoms with E-state index < -0.39 is 5.97 Å². The van der Waals surface area contributed by atoms with Crippen LogP contribution < -0.4 is 14.8 Å². The smallest absolute Gasteiger partial charge is 0.300 e. The summed E-state index contributed by atoms with van der Waals surface area (Å²) in [5.74, 6) is 3.61. The van der Waals surface area contributed by atoms with Gasteiger partial charge in [0.1, 0.15) is 25.4 Å². The Labute approximate surface area is 192 Å². The lowest BCUT2D eigenvalue weighted by atomic mass is 10.2. The minimum absolute atomic E-state index is 0.392. The van der Waals surface area contributed by atoms with Crippen molar-refractivity contribution in [1.29, 1.82) is 0 Å². The molecule has 9 heteroatoms. The predicted molar refractivity (Wildman–Crippen MR) is 125 cm³/mol. The number of aromatic nitrogens is 2. The van der Waals surface area contributed by atoms with Crippen LogP contribution in [0.4, 0.5) is 11.5 Å². The lowest BCUT2D eigenvalue weighted by molar-refractivity contribution is -0.134. The SMILES string of the molecule is C#Cc1cccc(Nc2ncnc3cc(OCCOC)c(OCCOC)cc23)c1.CC(=O)O. The van der Waals surface area contributed by atoms with Crippen LogP contribution in [0, 0.1) is 12.3 Å². The molecule has 0 atom stereocenters. The zero-order chi connectivity index (χ0) is 24.1. The molecule has 0 saturated heterocycles. The fraction of sp³-hybridized carbons (Fsp3) is 0.292. The van der Waals surface area contributed by atoms with Gasteiger partial charge >= 0.3 is 0 Å². The highest BCUT2D eigenvalue weighted by Crippen LogP contribution is 2.35. The van der Waals surface area contributed by atoms with Crippen molar-refractivity contribution in [3.8, 4) is 23.8 Å². The van der Waals surface area contributed by atoms with Crippen molar-refractivity contribution in [3.63, 3.8) is 0 Å². The number of terminal acetylenes is 1. The van der Waals surface area contributed by atoms with Gasteiger partial charge in [-0.3, -0.25) is 4.79 Å². The van der Waals surface area contributed by atoms with Gasteiger partial charge in [-0.25, -0.2) is 9.97 Å². The van der Waals surface area contributed by atoms with Crippen LogP contribution in [0.2, 0.25) is 0 Å². The van der Waals surface area contributed by atoms with E-state index in [0.717, 1.165) is 29.1 Å². The molecule has 0 radical (unpaired) electrons. The zero-order valence-corrected chi connectivity index (χ0v) is 18.8. The van der Waals surface area contributed by atoms with Gasteiger partial charge in [0.05, 0.1) is 18.7 Å². The van der Waals surface area contributed by atoms with Gasteiger partial charge in [-0.05, 0) is 24.3 Å². The van der Waals surface area contributed by atoms with E-state index >= 15 is 0 Å². The van der Waals surface area contributed by atoms with Crippen LogP contribution in [-0.2, 0) is 14.3 Å². The predicted octanol–water partition coefficient (Wildman–Crippen LogP) is 3.50. The van der Waals surface area contributed by atoms with E-state index in [0.29, 0.717) is 43.7 Å². The Hall–Kier alpha value is -3.87. The third kappa shape index (κ3) is 8.29. The maximum Gasteiger partial charge on any atom is 0.300 e. The summed E-state index contributed by atoms with van der Waals surface area (Å²) in [7, 11) is 3.25. The monoisotopic (exact) mass is 453 g/mol. The van der Waals surface area contributed by atoms with Crippen molar-refractivity contribution in [2.75, 3.05) is 46.0 Å². The molecule has 1 heterocycles. The number of carbonyl (C=O) groups is 1. The molecule has 0 aliphatic carbocycles. The second kappa shape index (κ2) is 13.5. The molecule has 3 aromatic rings. The number of carboxylic acids is 1. The van der Waals surface area contributed by atoms with E-state index in [-0.39, 0.29) is 0 Å². The van der Waals surface area contributed by atoms with Crippen LogP contribution in [-0.4, -0.2) is 61.7 Å². The highest BCUT2D eigenvalue weighted by atomic mass is 16.5. The molecule has 9 nitrogen and oxygen atoms in total. The molecule has 33 heavy (non-hydrogen) atoms. The van der Waals surface area contributed by atoms with Crippen molar-refractivity contribution in [2.45, 2.75) is 6.92 Å². The normalized spacial score (nSPS) is 10.0. The lowest BCUT2D eigenvalue weighted by Gasteiger charge is -2.15. The number of carboxylic acid groups (broad SMARTS) is 1. The first-order valence-corrected chi connectivity index (χ1v) is 10.0. The molecule has 2 N–H and O–H groups in total. The first-order chi connectivity index (χ1) is 16.0. The Kier molecular flexibility index (Phi) is 10.4. The Balaban J connectivity index is 0.000000890.